The van der Waals surface area contributed by atoms with E-state index < -0.39 is 8.56 Å². The third kappa shape index (κ3) is 2.93. The maximum Gasteiger partial charge on any atom is 0.345 e. The van der Waals surface area contributed by atoms with Gasteiger partial charge in [-0.2, -0.15) is 0 Å². The molecule has 0 heterocycles. The van der Waals surface area contributed by atoms with Gasteiger partial charge in [0, 0.05) is 19.3 Å². The van der Waals surface area contributed by atoms with Crippen LogP contribution in [0.15, 0.2) is 0 Å². The van der Waals surface area contributed by atoms with Gasteiger partial charge in [-0.15, -0.1) is 0 Å². The Labute approximate surface area is 140 Å². The smallest absolute Gasteiger partial charge is 0.345 e. The standard InChI is InChI=1S/C19H40O2Si/c1-9-16(10-2)15-22(20-7,21-8)19(12-4)17(11-3)13-14-18(19,5)6/h16-17H,9-15H2,1-8H3. The summed E-state index contributed by atoms with van der Waals surface area (Å²) in [5, 5.41) is 0.237. The lowest BCUT2D eigenvalue weighted by molar-refractivity contribution is 0.111. The summed E-state index contributed by atoms with van der Waals surface area (Å²) in [6, 6.07) is 1.15. The van der Waals surface area contributed by atoms with Crippen molar-refractivity contribution in [2.45, 2.75) is 91.1 Å². The predicted octanol–water partition coefficient (Wildman–Crippen LogP) is 6.15. The first-order chi connectivity index (χ1) is 10.3. The molecular formula is C19H40O2Si. The maximum absolute atomic E-state index is 6.38. The molecular weight excluding hydrogens is 288 g/mol. The average molecular weight is 329 g/mol. The Morgan fingerprint density at radius 3 is 1.95 bits per heavy atom. The number of hydrogen-bond donors (Lipinski definition) is 0. The molecule has 0 bridgehead atoms. The van der Waals surface area contributed by atoms with Crippen molar-refractivity contribution in [2.24, 2.45) is 17.3 Å². The predicted molar refractivity (Wildman–Crippen MR) is 98.4 cm³/mol. The van der Waals surface area contributed by atoms with Crippen LogP contribution in [-0.4, -0.2) is 22.8 Å². The highest BCUT2D eigenvalue weighted by Gasteiger charge is 2.68. The molecule has 1 aliphatic rings. The first-order valence-electron chi connectivity index (χ1n) is 9.44. The Kier molecular flexibility index (Phi) is 7.16. The maximum atomic E-state index is 6.38. The molecule has 1 aliphatic carbocycles. The summed E-state index contributed by atoms with van der Waals surface area (Å²) in [4.78, 5) is 0. The fraction of sp³-hybridized carbons (Fsp3) is 1.00. The van der Waals surface area contributed by atoms with Crippen molar-refractivity contribution in [1.29, 1.82) is 0 Å². The van der Waals surface area contributed by atoms with Crippen LogP contribution in [0.5, 0.6) is 0 Å². The molecule has 2 nitrogen and oxygen atoms in total. The molecule has 0 saturated heterocycles. The van der Waals surface area contributed by atoms with E-state index in [2.05, 4.69) is 41.5 Å². The molecule has 2 unspecified atom stereocenters. The summed E-state index contributed by atoms with van der Waals surface area (Å²) in [7, 11) is 1.57. The van der Waals surface area contributed by atoms with E-state index in [0.717, 1.165) is 17.9 Å². The van der Waals surface area contributed by atoms with Gasteiger partial charge in [-0.1, -0.05) is 60.8 Å². The molecule has 2 atom stereocenters. The minimum atomic E-state index is -2.29. The van der Waals surface area contributed by atoms with E-state index in [-0.39, 0.29) is 5.04 Å². The summed E-state index contributed by atoms with van der Waals surface area (Å²) in [5.74, 6) is 1.47. The van der Waals surface area contributed by atoms with Crippen molar-refractivity contribution in [2.75, 3.05) is 14.2 Å². The van der Waals surface area contributed by atoms with E-state index in [1.807, 2.05) is 14.2 Å². The highest BCUT2D eigenvalue weighted by molar-refractivity contribution is 6.71. The minimum Gasteiger partial charge on any atom is -0.397 e. The van der Waals surface area contributed by atoms with Crippen molar-refractivity contribution in [3.05, 3.63) is 0 Å². The van der Waals surface area contributed by atoms with E-state index in [0.29, 0.717) is 5.41 Å². The molecule has 0 aromatic heterocycles. The molecule has 0 aromatic rings. The van der Waals surface area contributed by atoms with E-state index in [1.165, 1.54) is 38.5 Å². The van der Waals surface area contributed by atoms with Crippen LogP contribution in [0.4, 0.5) is 0 Å². The van der Waals surface area contributed by atoms with E-state index in [1.54, 1.807) is 0 Å². The van der Waals surface area contributed by atoms with Crippen LogP contribution in [0.1, 0.15) is 80.1 Å². The zero-order valence-electron chi connectivity index (χ0n) is 16.4. The Morgan fingerprint density at radius 2 is 1.59 bits per heavy atom. The number of hydrogen-bond acceptors (Lipinski definition) is 2. The summed E-state index contributed by atoms with van der Waals surface area (Å²) in [5.41, 5.74) is 0.312. The second-order valence-corrected chi connectivity index (χ2v) is 11.5. The van der Waals surface area contributed by atoms with Crippen molar-refractivity contribution in [3.8, 4) is 0 Å². The minimum absolute atomic E-state index is 0.237. The van der Waals surface area contributed by atoms with Gasteiger partial charge >= 0.3 is 8.56 Å². The SMILES string of the molecule is CCC(CC)C[Si](OC)(OC)C1(CC)C(CC)CCC1(C)C. The Bertz CT molecular complexity index is 334. The van der Waals surface area contributed by atoms with Crippen molar-refractivity contribution >= 4 is 8.56 Å². The summed E-state index contributed by atoms with van der Waals surface area (Å²) in [6.45, 7) is 14.3. The normalized spacial score (nSPS) is 28.5. The molecule has 1 rings (SSSR count). The van der Waals surface area contributed by atoms with Crippen LogP contribution in [0.2, 0.25) is 11.1 Å². The van der Waals surface area contributed by atoms with Gasteiger partial charge in [-0.3, -0.25) is 0 Å². The zero-order chi connectivity index (χ0) is 17.0. The van der Waals surface area contributed by atoms with Gasteiger partial charge in [0.2, 0.25) is 0 Å². The second kappa shape index (κ2) is 7.81. The zero-order valence-corrected chi connectivity index (χ0v) is 17.4. The Morgan fingerprint density at radius 1 is 1.05 bits per heavy atom. The average Bonchev–Trinajstić information content (AvgIpc) is 2.80. The molecule has 0 N–H and O–H groups in total. The quantitative estimate of drug-likeness (QED) is 0.472. The topological polar surface area (TPSA) is 18.5 Å². The van der Waals surface area contributed by atoms with Gasteiger partial charge in [-0.25, -0.2) is 0 Å². The molecule has 22 heavy (non-hydrogen) atoms. The van der Waals surface area contributed by atoms with Crippen LogP contribution in [0, 0.1) is 17.3 Å². The molecule has 3 heteroatoms. The number of rotatable bonds is 9. The van der Waals surface area contributed by atoms with Crippen molar-refractivity contribution < 1.29 is 8.85 Å². The Balaban J connectivity index is 3.40. The van der Waals surface area contributed by atoms with Gasteiger partial charge in [0.25, 0.3) is 0 Å². The molecule has 0 spiro atoms. The van der Waals surface area contributed by atoms with Gasteiger partial charge in [-0.05, 0) is 42.6 Å². The van der Waals surface area contributed by atoms with Gasteiger partial charge in [0.1, 0.15) is 0 Å². The van der Waals surface area contributed by atoms with Crippen LogP contribution in [-0.2, 0) is 8.85 Å². The van der Waals surface area contributed by atoms with Crippen LogP contribution in [0.3, 0.4) is 0 Å². The highest BCUT2D eigenvalue weighted by atomic mass is 28.4. The lowest BCUT2D eigenvalue weighted by Gasteiger charge is -2.54. The lowest BCUT2D eigenvalue weighted by atomic mass is 9.75. The summed E-state index contributed by atoms with van der Waals surface area (Å²) in [6.07, 6.45) is 7.55. The molecule has 0 radical (unpaired) electrons. The Hall–Kier alpha value is 0.137. The molecule has 0 amide bonds. The largest absolute Gasteiger partial charge is 0.397 e. The molecule has 1 saturated carbocycles. The van der Waals surface area contributed by atoms with Crippen LogP contribution < -0.4 is 0 Å². The second-order valence-electron chi connectivity index (χ2n) is 7.90. The monoisotopic (exact) mass is 328 g/mol. The van der Waals surface area contributed by atoms with Gasteiger partial charge in [0.05, 0.1) is 0 Å². The van der Waals surface area contributed by atoms with E-state index in [4.69, 9.17) is 8.85 Å². The van der Waals surface area contributed by atoms with Crippen LogP contribution in [0.25, 0.3) is 0 Å². The molecule has 132 valence electrons. The first-order valence-corrected chi connectivity index (χ1v) is 11.5. The van der Waals surface area contributed by atoms with Gasteiger partial charge in [0.15, 0.2) is 0 Å². The molecule has 0 aromatic carbocycles. The highest BCUT2D eigenvalue weighted by Crippen LogP contribution is 2.70. The molecule has 1 fully saturated rings. The van der Waals surface area contributed by atoms with Crippen molar-refractivity contribution in [1.82, 2.24) is 0 Å². The third-order valence-corrected chi connectivity index (χ3v) is 12.4. The van der Waals surface area contributed by atoms with E-state index >= 15 is 0 Å². The lowest BCUT2D eigenvalue weighted by Crippen LogP contribution is -2.59. The third-order valence-electron chi connectivity index (χ3n) is 7.12. The first kappa shape index (κ1) is 20.2. The molecule has 0 aliphatic heterocycles. The summed E-state index contributed by atoms with van der Waals surface area (Å²) >= 11 is 0. The van der Waals surface area contributed by atoms with Crippen molar-refractivity contribution in [3.63, 3.8) is 0 Å². The summed E-state index contributed by atoms with van der Waals surface area (Å²) < 4.78 is 12.8. The fourth-order valence-corrected chi connectivity index (χ4v) is 11.3. The van der Waals surface area contributed by atoms with Crippen LogP contribution >= 0.6 is 0 Å². The van der Waals surface area contributed by atoms with E-state index in [9.17, 15) is 0 Å². The van der Waals surface area contributed by atoms with Gasteiger partial charge < -0.3 is 8.85 Å². The fourth-order valence-electron chi connectivity index (χ4n) is 5.73.